The quantitative estimate of drug-likeness (QED) is 0.667. The van der Waals surface area contributed by atoms with Gasteiger partial charge in [-0.15, -0.1) is 0 Å². The van der Waals surface area contributed by atoms with E-state index in [-0.39, 0.29) is 24.0 Å². The molecule has 0 aromatic heterocycles. The van der Waals surface area contributed by atoms with E-state index >= 15 is 0 Å². The van der Waals surface area contributed by atoms with Crippen LogP contribution < -0.4 is 10.6 Å². The molecule has 3 unspecified atom stereocenters. The van der Waals surface area contributed by atoms with Crippen molar-refractivity contribution < 1.29 is 14.7 Å². The summed E-state index contributed by atoms with van der Waals surface area (Å²) in [6.45, 7) is -0.0869. The summed E-state index contributed by atoms with van der Waals surface area (Å²) in [6.07, 6.45) is 7.44. The maximum atomic E-state index is 12.3. The summed E-state index contributed by atoms with van der Waals surface area (Å²) >= 11 is 0. The number of aliphatic hydroxyl groups excluding tert-OH is 1. The summed E-state index contributed by atoms with van der Waals surface area (Å²) in [4.78, 5) is 25.0. The summed E-state index contributed by atoms with van der Waals surface area (Å²) in [5.41, 5.74) is -0.285. The molecular formula is C15H21N3O3. The Morgan fingerprint density at radius 3 is 2.67 bits per heavy atom. The zero-order chi connectivity index (χ0) is 14.6. The van der Waals surface area contributed by atoms with E-state index in [4.69, 9.17) is 0 Å². The Hall–Kier alpha value is -1.40. The Bertz CT molecular complexity index is 481. The molecule has 21 heavy (non-hydrogen) atoms. The number of rotatable bonds is 3. The zero-order valence-electron chi connectivity index (χ0n) is 11.9. The third-order valence-electron chi connectivity index (χ3n) is 5.36. The number of nitrogens with one attached hydrogen (secondary N) is 2. The van der Waals surface area contributed by atoms with Crippen LogP contribution in [0.2, 0.25) is 0 Å². The van der Waals surface area contributed by atoms with Gasteiger partial charge in [0.15, 0.2) is 0 Å². The van der Waals surface area contributed by atoms with Gasteiger partial charge in [-0.3, -0.25) is 14.9 Å². The smallest absolute Gasteiger partial charge is 0.249 e. The summed E-state index contributed by atoms with van der Waals surface area (Å²) in [6, 6.07) is 0.525. The first-order valence-corrected chi connectivity index (χ1v) is 7.79. The minimum Gasteiger partial charge on any atom is -0.370 e. The molecular weight excluding hydrogens is 270 g/mol. The van der Waals surface area contributed by atoms with Crippen LogP contribution in [0.25, 0.3) is 0 Å². The monoisotopic (exact) mass is 291 g/mol. The van der Waals surface area contributed by atoms with E-state index in [1.54, 1.807) is 0 Å². The third kappa shape index (κ3) is 2.26. The maximum Gasteiger partial charge on any atom is 0.249 e. The predicted octanol–water partition coefficient (Wildman–Crippen LogP) is -0.302. The largest absolute Gasteiger partial charge is 0.370 e. The van der Waals surface area contributed by atoms with Crippen molar-refractivity contribution in [2.24, 2.45) is 11.8 Å². The topological polar surface area (TPSA) is 81.7 Å². The van der Waals surface area contributed by atoms with Crippen LogP contribution in [0.4, 0.5) is 0 Å². The van der Waals surface area contributed by atoms with Gasteiger partial charge in [-0.05, 0) is 50.0 Å². The second kappa shape index (κ2) is 4.55. The lowest BCUT2D eigenvalue weighted by Gasteiger charge is -2.57. The van der Waals surface area contributed by atoms with Crippen molar-refractivity contribution in [3.63, 3.8) is 0 Å². The van der Waals surface area contributed by atoms with Gasteiger partial charge in [-0.1, -0.05) is 0 Å². The number of carbonyl (C=O) groups excluding carboxylic acids is 2. The molecule has 4 fully saturated rings. The lowest BCUT2D eigenvalue weighted by Crippen LogP contribution is -2.71. The number of hydrogen-bond donors (Lipinski definition) is 3. The molecule has 5 atom stereocenters. The van der Waals surface area contributed by atoms with Gasteiger partial charge >= 0.3 is 0 Å². The van der Waals surface area contributed by atoms with E-state index < -0.39 is 6.23 Å². The minimum atomic E-state index is -0.979. The van der Waals surface area contributed by atoms with Gasteiger partial charge in [0.2, 0.25) is 11.8 Å². The van der Waals surface area contributed by atoms with Crippen LogP contribution >= 0.6 is 0 Å². The standard InChI is InChI=1S/C15H21N3O3/c19-12(8-18-13(20)1-2-14(18)21)17-15-6-9-3-10(7-15)5-11(4-9)16-15/h1-2,9-11,13,16,20H,3-8H2,(H,17,19)/t9-,10+,11?,13?,15?. The molecule has 2 amide bonds. The normalized spacial score (nSPS) is 43.7. The number of piperidine rings is 2. The molecule has 2 saturated carbocycles. The first-order valence-electron chi connectivity index (χ1n) is 7.79. The highest BCUT2D eigenvalue weighted by Gasteiger charge is 2.51. The van der Waals surface area contributed by atoms with Crippen LogP contribution in [0.3, 0.4) is 0 Å². The molecule has 5 aliphatic rings. The van der Waals surface area contributed by atoms with Crippen LogP contribution in [0, 0.1) is 11.8 Å². The molecule has 3 heterocycles. The van der Waals surface area contributed by atoms with Gasteiger partial charge in [-0.25, -0.2) is 0 Å². The van der Waals surface area contributed by atoms with Crippen molar-refractivity contribution in [2.75, 3.05) is 6.54 Å². The molecule has 2 aliphatic carbocycles. The van der Waals surface area contributed by atoms with Crippen molar-refractivity contribution >= 4 is 11.8 Å². The van der Waals surface area contributed by atoms with Gasteiger partial charge in [0.25, 0.3) is 0 Å². The van der Waals surface area contributed by atoms with Crippen LogP contribution in [0.1, 0.15) is 32.1 Å². The fourth-order valence-electron chi connectivity index (χ4n) is 4.86. The van der Waals surface area contributed by atoms with Gasteiger partial charge in [0.1, 0.15) is 12.8 Å². The molecule has 0 aromatic rings. The van der Waals surface area contributed by atoms with Crippen LogP contribution in [-0.4, -0.2) is 46.3 Å². The molecule has 0 spiro atoms. The van der Waals surface area contributed by atoms with Crippen LogP contribution in [0.5, 0.6) is 0 Å². The lowest BCUT2D eigenvalue weighted by atomic mass is 9.62. The molecule has 6 nitrogen and oxygen atoms in total. The SMILES string of the molecule is O=C(CN1C(=O)C=CC1O)NC12C[C@@H]3CC(C[C@@H](C3)C1)N2. The zero-order valence-corrected chi connectivity index (χ0v) is 11.9. The van der Waals surface area contributed by atoms with E-state index in [1.807, 2.05) is 0 Å². The Morgan fingerprint density at radius 2 is 2.10 bits per heavy atom. The van der Waals surface area contributed by atoms with E-state index in [1.165, 1.54) is 36.3 Å². The minimum absolute atomic E-state index is 0.0869. The molecule has 5 rings (SSSR count). The lowest BCUT2D eigenvalue weighted by molar-refractivity contribution is -0.140. The fraction of sp³-hybridized carbons (Fsp3) is 0.733. The van der Waals surface area contributed by atoms with Crippen molar-refractivity contribution in [2.45, 2.75) is 50.0 Å². The van der Waals surface area contributed by atoms with Crippen LogP contribution in [0.15, 0.2) is 12.2 Å². The van der Waals surface area contributed by atoms with Crippen LogP contribution in [-0.2, 0) is 9.59 Å². The van der Waals surface area contributed by atoms with Crippen molar-refractivity contribution in [1.82, 2.24) is 15.5 Å². The molecule has 114 valence electrons. The summed E-state index contributed by atoms with van der Waals surface area (Å²) in [5, 5.41) is 16.4. The second-order valence-electron chi connectivity index (χ2n) is 7.06. The Balaban J connectivity index is 1.42. The van der Waals surface area contributed by atoms with E-state index in [0.29, 0.717) is 17.9 Å². The Morgan fingerprint density at radius 1 is 1.38 bits per heavy atom. The second-order valence-corrected chi connectivity index (χ2v) is 7.06. The number of carbonyl (C=O) groups is 2. The molecule has 0 radical (unpaired) electrons. The van der Waals surface area contributed by atoms with Gasteiger partial charge < -0.3 is 15.3 Å². The first-order chi connectivity index (χ1) is 10.0. The van der Waals surface area contributed by atoms with Gasteiger partial charge in [-0.2, -0.15) is 0 Å². The highest BCUT2D eigenvalue weighted by Crippen LogP contribution is 2.48. The molecule has 2 saturated heterocycles. The van der Waals surface area contributed by atoms with Crippen molar-refractivity contribution in [3.8, 4) is 0 Å². The summed E-state index contributed by atoms with van der Waals surface area (Å²) in [7, 11) is 0. The molecule has 6 heteroatoms. The van der Waals surface area contributed by atoms with Crippen molar-refractivity contribution in [1.29, 1.82) is 0 Å². The third-order valence-corrected chi connectivity index (χ3v) is 5.36. The molecule has 4 bridgehead atoms. The summed E-state index contributed by atoms with van der Waals surface area (Å²) in [5.74, 6) is 0.922. The Kier molecular flexibility index (Phi) is 2.87. The van der Waals surface area contributed by atoms with E-state index in [2.05, 4.69) is 10.6 Å². The molecule has 3 aliphatic heterocycles. The van der Waals surface area contributed by atoms with E-state index in [0.717, 1.165) is 12.8 Å². The average Bonchev–Trinajstić information content (AvgIpc) is 2.68. The molecule has 3 N–H and O–H groups in total. The fourth-order valence-corrected chi connectivity index (χ4v) is 4.86. The number of hydrogen-bond acceptors (Lipinski definition) is 4. The average molecular weight is 291 g/mol. The number of nitrogens with zero attached hydrogens (tertiary/aromatic N) is 1. The maximum absolute atomic E-state index is 12.3. The van der Waals surface area contributed by atoms with Gasteiger partial charge in [0.05, 0.1) is 5.66 Å². The first kappa shape index (κ1) is 13.3. The Labute approximate surface area is 123 Å². The van der Waals surface area contributed by atoms with Crippen molar-refractivity contribution in [3.05, 3.63) is 12.2 Å². The number of amides is 2. The number of aliphatic hydroxyl groups is 1. The van der Waals surface area contributed by atoms with Gasteiger partial charge in [0, 0.05) is 12.1 Å². The molecule has 0 aromatic carbocycles. The highest BCUT2D eigenvalue weighted by molar-refractivity contribution is 5.93. The summed E-state index contributed by atoms with van der Waals surface area (Å²) < 4.78 is 0. The highest BCUT2D eigenvalue weighted by atomic mass is 16.3. The predicted molar refractivity (Wildman–Crippen MR) is 74.7 cm³/mol. The van der Waals surface area contributed by atoms with E-state index in [9.17, 15) is 14.7 Å².